The molecule has 1 fully saturated rings. The number of carboxylic acid groups (broad SMARTS) is 1. The first-order valence-corrected chi connectivity index (χ1v) is 6.60. The van der Waals surface area contributed by atoms with Crippen LogP contribution in [-0.2, 0) is 11.2 Å². The van der Waals surface area contributed by atoms with Gasteiger partial charge in [-0.15, -0.1) is 0 Å². The van der Waals surface area contributed by atoms with Crippen molar-refractivity contribution in [3.05, 3.63) is 35.4 Å². The van der Waals surface area contributed by atoms with Gasteiger partial charge in [-0.1, -0.05) is 6.92 Å². The summed E-state index contributed by atoms with van der Waals surface area (Å²) in [5.41, 5.74) is -0.443. The molecule has 0 atom stereocenters. The number of hydrogen-bond donors (Lipinski definition) is 1. The normalized spacial score (nSPS) is 27.2. The molecule has 1 aliphatic rings. The molecule has 1 saturated carbocycles. The van der Waals surface area contributed by atoms with Gasteiger partial charge in [-0.25, -0.2) is 8.78 Å². The summed E-state index contributed by atoms with van der Waals surface area (Å²) < 4.78 is 26.4. The zero-order valence-electron chi connectivity index (χ0n) is 11.0. The highest BCUT2D eigenvalue weighted by molar-refractivity contribution is 5.75. The Kier molecular flexibility index (Phi) is 3.88. The van der Waals surface area contributed by atoms with E-state index in [-0.39, 0.29) is 6.42 Å². The lowest BCUT2D eigenvalue weighted by Gasteiger charge is -2.36. The van der Waals surface area contributed by atoms with Crippen molar-refractivity contribution in [1.29, 1.82) is 0 Å². The average Bonchev–Trinajstić information content (AvgIpc) is 2.31. The highest BCUT2D eigenvalue weighted by Crippen LogP contribution is 2.41. The minimum absolute atomic E-state index is 0.198. The Morgan fingerprint density at radius 2 is 1.79 bits per heavy atom. The minimum Gasteiger partial charge on any atom is -0.481 e. The van der Waals surface area contributed by atoms with Crippen molar-refractivity contribution < 1.29 is 18.7 Å². The third kappa shape index (κ3) is 3.11. The fourth-order valence-corrected chi connectivity index (χ4v) is 2.88. The van der Waals surface area contributed by atoms with E-state index in [1.807, 2.05) is 0 Å². The molecule has 19 heavy (non-hydrogen) atoms. The molecule has 1 N–H and O–H groups in total. The molecule has 0 heterocycles. The van der Waals surface area contributed by atoms with E-state index in [4.69, 9.17) is 0 Å². The molecule has 1 aliphatic carbocycles. The van der Waals surface area contributed by atoms with Crippen LogP contribution in [0.1, 0.15) is 38.2 Å². The predicted molar refractivity (Wildman–Crippen MR) is 67.8 cm³/mol. The van der Waals surface area contributed by atoms with Crippen LogP contribution in [0.25, 0.3) is 0 Å². The highest BCUT2D eigenvalue weighted by atomic mass is 19.1. The Hall–Kier alpha value is -1.45. The quantitative estimate of drug-likeness (QED) is 0.905. The molecule has 1 aromatic carbocycles. The molecule has 0 saturated heterocycles. The molecule has 0 unspecified atom stereocenters. The van der Waals surface area contributed by atoms with Crippen LogP contribution in [0.15, 0.2) is 18.2 Å². The first-order valence-electron chi connectivity index (χ1n) is 6.60. The van der Waals surface area contributed by atoms with Crippen molar-refractivity contribution in [2.24, 2.45) is 11.3 Å². The number of hydrogen-bond acceptors (Lipinski definition) is 1. The molecule has 0 bridgehead atoms. The number of carbonyl (C=O) groups is 1. The molecule has 104 valence electrons. The smallest absolute Gasteiger partial charge is 0.309 e. The van der Waals surface area contributed by atoms with Crippen molar-refractivity contribution in [2.45, 2.75) is 39.0 Å². The molecule has 0 aromatic heterocycles. The third-order valence-corrected chi connectivity index (χ3v) is 4.15. The second-order valence-corrected chi connectivity index (χ2v) is 5.72. The van der Waals surface area contributed by atoms with E-state index in [1.165, 1.54) is 12.1 Å². The van der Waals surface area contributed by atoms with E-state index >= 15 is 0 Å². The van der Waals surface area contributed by atoms with Gasteiger partial charge in [-0.05, 0) is 55.7 Å². The number of halogens is 2. The van der Waals surface area contributed by atoms with Gasteiger partial charge in [0.1, 0.15) is 11.6 Å². The monoisotopic (exact) mass is 268 g/mol. The molecule has 2 rings (SSSR count). The second kappa shape index (κ2) is 5.27. The van der Waals surface area contributed by atoms with Crippen molar-refractivity contribution in [3.8, 4) is 0 Å². The van der Waals surface area contributed by atoms with Gasteiger partial charge >= 0.3 is 5.97 Å². The van der Waals surface area contributed by atoms with Crippen LogP contribution in [-0.4, -0.2) is 11.1 Å². The van der Waals surface area contributed by atoms with E-state index in [1.54, 1.807) is 0 Å². The van der Waals surface area contributed by atoms with Gasteiger partial charge in [0, 0.05) is 6.07 Å². The van der Waals surface area contributed by atoms with Gasteiger partial charge in [-0.2, -0.15) is 0 Å². The molecule has 2 nitrogen and oxygen atoms in total. The summed E-state index contributed by atoms with van der Waals surface area (Å²) in [6.45, 7) is 2.10. The van der Waals surface area contributed by atoms with Crippen LogP contribution >= 0.6 is 0 Å². The maximum absolute atomic E-state index is 13.2. The second-order valence-electron chi connectivity index (χ2n) is 5.72. The molecule has 1 aromatic rings. The van der Waals surface area contributed by atoms with E-state index in [2.05, 4.69) is 6.92 Å². The van der Waals surface area contributed by atoms with Crippen molar-refractivity contribution in [2.75, 3.05) is 0 Å². The fourth-order valence-electron chi connectivity index (χ4n) is 2.88. The fraction of sp³-hybridized carbons (Fsp3) is 0.533. The van der Waals surface area contributed by atoms with Crippen LogP contribution in [0.2, 0.25) is 0 Å². The Morgan fingerprint density at radius 3 is 2.26 bits per heavy atom. The summed E-state index contributed by atoms with van der Waals surface area (Å²) >= 11 is 0. The van der Waals surface area contributed by atoms with E-state index < -0.39 is 23.0 Å². The maximum Gasteiger partial charge on any atom is 0.309 e. The molecule has 4 heteroatoms. The largest absolute Gasteiger partial charge is 0.481 e. The summed E-state index contributed by atoms with van der Waals surface area (Å²) in [6.07, 6.45) is 3.04. The van der Waals surface area contributed by atoms with Crippen LogP contribution < -0.4 is 0 Å². The van der Waals surface area contributed by atoms with Crippen molar-refractivity contribution in [1.82, 2.24) is 0 Å². The lowest BCUT2D eigenvalue weighted by molar-refractivity contribution is -0.151. The highest BCUT2D eigenvalue weighted by Gasteiger charge is 2.41. The zero-order valence-corrected chi connectivity index (χ0v) is 11.0. The Balaban J connectivity index is 2.24. The summed E-state index contributed by atoms with van der Waals surface area (Å²) in [7, 11) is 0. The van der Waals surface area contributed by atoms with Gasteiger partial charge < -0.3 is 5.11 Å². The molecule has 0 radical (unpaired) electrons. The van der Waals surface area contributed by atoms with E-state index in [0.29, 0.717) is 24.3 Å². The Labute approximate surface area is 111 Å². The molecule has 0 amide bonds. The van der Waals surface area contributed by atoms with Crippen molar-refractivity contribution >= 4 is 5.97 Å². The minimum atomic E-state index is -0.868. The average molecular weight is 268 g/mol. The first kappa shape index (κ1) is 14.0. The lowest BCUT2D eigenvalue weighted by atomic mass is 9.68. The van der Waals surface area contributed by atoms with Gasteiger partial charge in [-0.3, -0.25) is 4.79 Å². The van der Waals surface area contributed by atoms with Gasteiger partial charge in [0.25, 0.3) is 0 Å². The molecular weight excluding hydrogens is 250 g/mol. The topological polar surface area (TPSA) is 37.3 Å². The zero-order chi connectivity index (χ0) is 14.0. The van der Waals surface area contributed by atoms with Gasteiger partial charge in [0.15, 0.2) is 0 Å². The number of aliphatic carboxylic acids is 1. The predicted octanol–water partition coefficient (Wildman–Crippen LogP) is 3.79. The van der Waals surface area contributed by atoms with Gasteiger partial charge in [0.05, 0.1) is 5.41 Å². The summed E-state index contributed by atoms with van der Waals surface area (Å²) in [5, 5.41) is 9.49. The van der Waals surface area contributed by atoms with Crippen molar-refractivity contribution in [3.63, 3.8) is 0 Å². The van der Waals surface area contributed by atoms with E-state index in [0.717, 1.165) is 18.9 Å². The van der Waals surface area contributed by atoms with Crippen LogP contribution in [0.3, 0.4) is 0 Å². The molecule has 0 aliphatic heterocycles. The maximum atomic E-state index is 13.2. The SMILES string of the molecule is CC1CCC(Cc2cc(F)cc(F)c2)(C(=O)O)CC1. The number of carboxylic acids is 1. The lowest BCUT2D eigenvalue weighted by Crippen LogP contribution is -2.37. The van der Waals surface area contributed by atoms with Crippen LogP contribution in [0, 0.1) is 23.0 Å². The molecular formula is C15H18F2O2. The van der Waals surface area contributed by atoms with Gasteiger partial charge in [0.2, 0.25) is 0 Å². The Morgan fingerprint density at radius 1 is 1.26 bits per heavy atom. The number of rotatable bonds is 3. The Bertz CT molecular complexity index is 457. The summed E-state index contributed by atoms with van der Waals surface area (Å²) in [5.74, 6) is -1.64. The summed E-state index contributed by atoms with van der Waals surface area (Å²) in [6, 6.07) is 3.26. The third-order valence-electron chi connectivity index (χ3n) is 4.15. The first-order chi connectivity index (χ1) is 8.91. The van der Waals surface area contributed by atoms with Crippen LogP contribution in [0.5, 0.6) is 0 Å². The van der Waals surface area contributed by atoms with E-state index in [9.17, 15) is 18.7 Å². The van der Waals surface area contributed by atoms with Crippen LogP contribution in [0.4, 0.5) is 8.78 Å². The standard InChI is InChI=1S/C15H18F2O2/c1-10-2-4-15(5-3-10,14(18)19)9-11-6-12(16)8-13(17)7-11/h6-8,10H,2-5,9H2,1H3,(H,18,19). The summed E-state index contributed by atoms with van der Waals surface area (Å²) in [4.78, 5) is 11.6. The number of benzene rings is 1. The molecule has 0 spiro atoms.